The second-order valence-electron chi connectivity index (χ2n) is 6.71. The third-order valence-corrected chi connectivity index (χ3v) is 5.27. The van der Waals surface area contributed by atoms with Gasteiger partial charge in [0.25, 0.3) is 5.91 Å². The first-order valence-corrected chi connectivity index (χ1v) is 10.1. The number of benzene rings is 1. The molecule has 27 heavy (non-hydrogen) atoms. The van der Waals surface area contributed by atoms with E-state index in [2.05, 4.69) is 36.1 Å². The van der Waals surface area contributed by atoms with Crippen molar-refractivity contribution in [1.82, 2.24) is 15.3 Å². The Hall–Kier alpha value is -2.15. The van der Waals surface area contributed by atoms with Crippen molar-refractivity contribution in [2.75, 3.05) is 24.6 Å². The summed E-state index contributed by atoms with van der Waals surface area (Å²) in [6.45, 7) is 4.24. The Labute approximate surface area is 168 Å². The highest BCUT2D eigenvalue weighted by atomic mass is 79.9. The molecule has 1 aromatic heterocycles. The first-order chi connectivity index (χ1) is 13.1. The second kappa shape index (κ2) is 9.69. The van der Waals surface area contributed by atoms with Gasteiger partial charge in [0, 0.05) is 35.9 Å². The number of ether oxygens (including phenoxy) is 1. The van der Waals surface area contributed by atoms with Crippen LogP contribution in [0.25, 0.3) is 0 Å². The molecule has 1 fully saturated rings. The van der Waals surface area contributed by atoms with Crippen molar-refractivity contribution in [3.63, 3.8) is 0 Å². The highest BCUT2D eigenvalue weighted by Crippen LogP contribution is 2.19. The molecule has 3 rings (SSSR count). The Morgan fingerprint density at radius 3 is 2.67 bits per heavy atom. The van der Waals surface area contributed by atoms with Gasteiger partial charge in [0.15, 0.2) is 6.61 Å². The minimum atomic E-state index is -0.182. The quantitative estimate of drug-likeness (QED) is 0.754. The van der Waals surface area contributed by atoms with E-state index in [9.17, 15) is 4.79 Å². The fourth-order valence-corrected chi connectivity index (χ4v) is 3.46. The standard InChI is InChI=1S/C20H25BrN4O2/c1-15-12-19(24-20(23-15)25-10-6-2-3-7-11-25)27-14-18(26)22-13-16-8-4-5-9-17(16)21/h4-5,8-9,12H,2-3,6-7,10-11,13-14H2,1H3,(H,22,26). The summed E-state index contributed by atoms with van der Waals surface area (Å²) in [4.78, 5) is 23.4. The van der Waals surface area contributed by atoms with Crippen LogP contribution >= 0.6 is 15.9 Å². The maximum Gasteiger partial charge on any atom is 0.258 e. The predicted molar refractivity (Wildman–Crippen MR) is 109 cm³/mol. The number of aromatic nitrogens is 2. The van der Waals surface area contributed by atoms with Gasteiger partial charge in [-0.3, -0.25) is 4.79 Å². The van der Waals surface area contributed by atoms with Crippen LogP contribution in [0.5, 0.6) is 5.88 Å². The van der Waals surface area contributed by atoms with Crippen molar-refractivity contribution in [3.05, 3.63) is 46.1 Å². The van der Waals surface area contributed by atoms with Crippen molar-refractivity contribution in [1.29, 1.82) is 0 Å². The number of hydrogen-bond donors (Lipinski definition) is 1. The topological polar surface area (TPSA) is 67.3 Å². The zero-order valence-corrected chi connectivity index (χ0v) is 17.2. The first-order valence-electron chi connectivity index (χ1n) is 9.35. The number of carbonyl (C=O) groups is 1. The zero-order valence-electron chi connectivity index (χ0n) is 15.6. The smallest absolute Gasteiger partial charge is 0.258 e. The van der Waals surface area contributed by atoms with E-state index in [1.54, 1.807) is 6.07 Å². The molecule has 0 saturated carbocycles. The molecule has 7 heteroatoms. The van der Waals surface area contributed by atoms with E-state index < -0.39 is 0 Å². The van der Waals surface area contributed by atoms with Gasteiger partial charge in [-0.1, -0.05) is 47.0 Å². The van der Waals surface area contributed by atoms with Gasteiger partial charge >= 0.3 is 0 Å². The number of anilines is 1. The number of hydrogen-bond acceptors (Lipinski definition) is 5. The highest BCUT2D eigenvalue weighted by Gasteiger charge is 2.15. The van der Waals surface area contributed by atoms with E-state index in [1.807, 2.05) is 31.2 Å². The van der Waals surface area contributed by atoms with Crippen molar-refractivity contribution in [2.24, 2.45) is 0 Å². The Morgan fingerprint density at radius 1 is 1.19 bits per heavy atom. The largest absolute Gasteiger partial charge is 0.467 e. The van der Waals surface area contributed by atoms with Gasteiger partial charge in [-0.2, -0.15) is 4.98 Å². The average Bonchev–Trinajstić information content (AvgIpc) is 2.95. The lowest BCUT2D eigenvalue weighted by molar-refractivity contribution is -0.123. The van der Waals surface area contributed by atoms with Crippen molar-refractivity contribution in [3.8, 4) is 5.88 Å². The second-order valence-corrected chi connectivity index (χ2v) is 7.56. The number of nitrogens with one attached hydrogen (secondary N) is 1. The Bertz CT molecular complexity index is 776. The van der Waals surface area contributed by atoms with Crippen LogP contribution in [0.15, 0.2) is 34.8 Å². The number of nitrogens with zero attached hydrogens (tertiary/aromatic N) is 3. The summed E-state index contributed by atoms with van der Waals surface area (Å²) in [6.07, 6.45) is 4.82. The number of rotatable bonds is 6. The maximum absolute atomic E-state index is 12.1. The minimum Gasteiger partial charge on any atom is -0.467 e. The molecule has 0 unspecified atom stereocenters. The van der Waals surface area contributed by atoms with Crippen molar-refractivity contribution < 1.29 is 9.53 Å². The highest BCUT2D eigenvalue weighted by molar-refractivity contribution is 9.10. The van der Waals surface area contributed by atoms with Crippen LogP contribution < -0.4 is 15.0 Å². The predicted octanol–water partition coefficient (Wildman–Crippen LogP) is 3.62. The van der Waals surface area contributed by atoms with Gasteiger partial charge < -0.3 is 15.0 Å². The van der Waals surface area contributed by atoms with E-state index in [4.69, 9.17) is 4.74 Å². The van der Waals surface area contributed by atoms with Crippen LogP contribution in [-0.4, -0.2) is 35.6 Å². The molecule has 1 aliphatic heterocycles. The summed E-state index contributed by atoms with van der Waals surface area (Å²) >= 11 is 3.48. The van der Waals surface area contributed by atoms with Gasteiger partial charge in [0.1, 0.15) is 0 Å². The van der Waals surface area contributed by atoms with Gasteiger partial charge in [-0.25, -0.2) is 4.98 Å². The third-order valence-electron chi connectivity index (χ3n) is 4.49. The summed E-state index contributed by atoms with van der Waals surface area (Å²) in [5.74, 6) is 0.955. The van der Waals surface area contributed by atoms with Crippen LogP contribution in [0.4, 0.5) is 5.95 Å². The van der Waals surface area contributed by atoms with Gasteiger partial charge in [0.2, 0.25) is 11.8 Å². The van der Waals surface area contributed by atoms with E-state index in [-0.39, 0.29) is 12.5 Å². The van der Waals surface area contributed by atoms with Crippen LogP contribution in [-0.2, 0) is 11.3 Å². The summed E-state index contributed by atoms with van der Waals surface area (Å²) in [5.41, 5.74) is 1.86. The summed E-state index contributed by atoms with van der Waals surface area (Å²) in [7, 11) is 0. The van der Waals surface area contributed by atoms with Crippen LogP contribution in [0, 0.1) is 6.92 Å². The molecule has 1 aliphatic rings. The third kappa shape index (κ3) is 5.92. The lowest BCUT2D eigenvalue weighted by Crippen LogP contribution is -2.29. The van der Waals surface area contributed by atoms with Gasteiger partial charge in [-0.05, 0) is 31.4 Å². The summed E-state index contributed by atoms with van der Waals surface area (Å²) < 4.78 is 6.60. The summed E-state index contributed by atoms with van der Waals surface area (Å²) in [5, 5.41) is 2.86. The fraction of sp³-hybridized carbons (Fsp3) is 0.450. The molecular weight excluding hydrogens is 408 g/mol. The molecule has 1 N–H and O–H groups in total. The van der Waals surface area contributed by atoms with Crippen LogP contribution in [0.2, 0.25) is 0 Å². The molecule has 6 nitrogen and oxygen atoms in total. The molecule has 0 bridgehead atoms. The Morgan fingerprint density at radius 2 is 1.93 bits per heavy atom. The van der Waals surface area contributed by atoms with Gasteiger partial charge in [-0.15, -0.1) is 0 Å². The monoisotopic (exact) mass is 432 g/mol. The molecule has 2 heterocycles. The van der Waals surface area contributed by atoms with Crippen LogP contribution in [0.1, 0.15) is 36.9 Å². The molecule has 0 atom stereocenters. The lowest BCUT2D eigenvalue weighted by Gasteiger charge is -2.21. The van der Waals surface area contributed by atoms with E-state index in [1.165, 1.54) is 12.8 Å². The van der Waals surface area contributed by atoms with Crippen molar-refractivity contribution in [2.45, 2.75) is 39.2 Å². The molecule has 144 valence electrons. The molecule has 2 aromatic rings. The molecule has 1 amide bonds. The van der Waals surface area contributed by atoms with E-state index >= 15 is 0 Å². The molecular formula is C20H25BrN4O2. The summed E-state index contributed by atoms with van der Waals surface area (Å²) in [6, 6.07) is 9.56. The Kier molecular flexibility index (Phi) is 7.04. The minimum absolute atomic E-state index is 0.0691. The van der Waals surface area contributed by atoms with E-state index in [0.29, 0.717) is 18.4 Å². The SMILES string of the molecule is Cc1cc(OCC(=O)NCc2ccccc2Br)nc(N2CCCCCC2)n1. The number of halogens is 1. The Balaban J connectivity index is 1.55. The zero-order chi connectivity index (χ0) is 19.1. The maximum atomic E-state index is 12.1. The molecule has 0 radical (unpaired) electrons. The van der Waals surface area contributed by atoms with E-state index in [0.717, 1.165) is 41.7 Å². The number of carbonyl (C=O) groups excluding carboxylic acids is 1. The molecule has 1 saturated heterocycles. The van der Waals surface area contributed by atoms with Crippen molar-refractivity contribution >= 4 is 27.8 Å². The first kappa shape index (κ1) is 19.6. The number of amides is 1. The average molecular weight is 433 g/mol. The lowest BCUT2D eigenvalue weighted by atomic mass is 10.2. The molecule has 0 spiro atoms. The fourth-order valence-electron chi connectivity index (χ4n) is 3.04. The molecule has 0 aliphatic carbocycles. The van der Waals surface area contributed by atoms with Gasteiger partial charge in [0.05, 0.1) is 0 Å². The normalized spacial score (nSPS) is 14.5. The number of aryl methyl sites for hydroxylation is 1. The molecule has 1 aromatic carbocycles. The van der Waals surface area contributed by atoms with Crippen LogP contribution in [0.3, 0.4) is 0 Å².